The van der Waals surface area contributed by atoms with Crippen LogP contribution in [0.4, 0.5) is 10.2 Å². The Balaban J connectivity index is 2.52. The van der Waals surface area contributed by atoms with Crippen LogP contribution in [0.2, 0.25) is 0 Å². The van der Waals surface area contributed by atoms with Crippen LogP contribution in [-0.2, 0) is 0 Å². The SMILES string of the molecule is CCNc1nc(-c2ccc(C)c(Br)c2)nc(C)c1F. The number of benzene rings is 1. The molecule has 1 heterocycles. The number of nitrogens with zero attached hydrogens (tertiary/aromatic N) is 2. The summed E-state index contributed by atoms with van der Waals surface area (Å²) in [7, 11) is 0. The lowest BCUT2D eigenvalue weighted by Gasteiger charge is -2.09. The van der Waals surface area contributed by atoms with Gasteiger partial charge in [0.25, 0.3) is 0 Å². The summed E-state index contributed by atoms with van der Waals surface area (Å²) >= 11 is 3.48. The van der Waals surface area contributed by atoms with Gasteiger partial charge in [0.1, 0.15) is 0 Å². The number of halogens is 2. The highest BCUT2D eigenvalue weighted by Gasteiger charge is 2.12. The van der Waals surface area contributed by atoms with Crippen molar-refractivity contribution >= 4 is 21.7 Å². The van der Waals surface area contributed by atoms with E-state index >= 15 is 0 Å². The number of aryl methyl sites for hydroxylation is 2. The normalized spacial score (nSPS) is 10.6. The van der Waals surface area contributed by atoms with E-state index in [-0.39, 0.29) is 5.82 Å². The van der Waals surface area contributed by atoms with E-state index in [1.807, 2.05) is 32.0 Å². The van der Waals surface area contributed by atoms with Gasteiger partial charge < -0.3 is 5.32 Å². The van der Waals surface area contributed by atoms with Gasteiger partial charge >= 0.3 is 0 Å². The fraction of sp³-hybridized carbons (Fsp3) is 0.286. The smallest absolute Gasteiger partial charge is 0.186 e. The molecule has 2 aromatic rings. The second-order valence-corrected chi connectivity index (χ2v) is 5.14. The fourth-order valence-electron chi connectivity index (χ4n) is 1.70. The monoisotopic (exact) mass is 323 g/mol. The molecule has 0 amide bonds. The van der Waals surface area contributed by atoms with Gasteiger partial charge in [0.2, 0.25) is 0 Å². The maximum Gasteiger partial charge on any atom is 0.186 e. The summed E-state index contributed by atoms with van der Waals surface area (Å²) in [5.41, 5.74) is 2.34. The first kappa shape index (κ1) is 13.9. The molecule has 0 saturated carbocycles. The van der Waals surface area contributed by atoms with Crippen molar-refractivity contribution < 1.29 is 4.39 Å². The van der Waals surface area contributed by atoms with Crippen molar-refractivity contribution in [1.29, 1.82) is 0 Å². The van der Waals surface area contributed by atoms with Crippen LogP contribution in [0, 0.1) is 19.7 Å². The zero-order valence-electron chi connectivity index (χ0n) is 11.1. The van der Waals surface area contributed by atoms with Gasteiger partial charge in [0.05, 0.1) is 5.69 Å². The van der Waals surface area contributed by atoms with Crippen molar-refractivity contribution in [3.05, 3.63) is 39.7 Å². The lowest BCUT2D eigenvalue weighted by Crippen LogP contribution is -2.06. The van der Waals surface area contributed by atoms with Gasteiger partial charge in [0, 0.05) is 16.6 Å². The first-order valence-electron chi connectivity index (χ1n) is 6.07. The topological polar surface area (TPSA) is 37.8 Å². The van der Waals surface area contributed by atoms with Crippen LogP contribution in [0.1, 0.15) is 18.2 Å². The Morgan fingerprint density at radius 2 is 2.00 bits per heavy atom. The highest BCUT2D eigenvalue weighted by molar-refractivity contribution is 9.10. The predicted molar refractivity (Wildman–Crippen MR) is 78.8 cm³/mol. The highest BCUT2D eigenvalue weighted by Crippen LogP contribution is 2.25. The van der Waals surface area contributed by atoms with E-state index in [0.29, 0.717) is 18.1 Å². The molecular formula is C14H15BrFN3. The Labute approximate surface area is 120 Å². The largest absolute Gasteiger partial charge is 0.368 e. The van der Waals surface area contributed by atoms with Crippen molar-refractivity contribution in [1.82, 2.24) is 9.97 Å². The molecule has 0 fully saturated rings. The molecule has 1 aromatic heterocycles. The molecule has 2 rings (SSSR count). The van der Waals surface area contributed by atoms with Gasteiger partial charge in [-0.05, 0) is 32.4 Å². The minimum absolute atomic E-state index is 0.252. The number of aromatic nitrogens is 2. The summed E-state index contributed by atoms with van der Waals surface area (Å²) in [4.78, 5) is 8.46. The van der Waals surface area contributed by atoms with Gasteiger partial charge in [-0.3, -0.25) is 0 Å². The second kappa shape index (κ2) is 5.65. The molecule has 0 spiro atoms. The maximum absolute atomic E-state index is 13.8. The van der Waals surface area contributed by atoms with Crippen molar-refractivity contribution in [2.45, 2.75) is 20.8 Å². The molecule has 0 saturated heterocycles. The molecule has 19 heavy (non-hydrogen) atoms. The van der Waals surface area contributed by atoms with Crippen LogP contribution in [0.15, 0.2) is 22.7 Å². The molecule has 5 heteroatoms. The molecule has 1 N–H and O–H groups in total. The number of anilines is 1. The van der Waals surface area contributed by atoms with Gasteiger partial charge in [-0.1, -0.05) is 28.1 Å². The minimum atomic E-state index is -0.392. The summed E-state index contributed by atoms with van der Waals surface area (Å²) in [6.07, 6.45) is 0. The minimum Gasteiger partial charge on any atom is -0.368 e. The lowest BCUT2D eigenvalue weighted by atomic mass is 10.1. The fourth-order valence-corrected chi connectivity index (χ4v) is 2.08. The quantitative estimate of drug-likeness (QED) is 0.924. The van der Waals surface area contributed by atoms with E-state index in [4.69, 9.17) is 0 Å². The summed E-state index contributed by atoms with van der Waals surface area (Å²) in [5.74, 6) is 0.383. The van der Waals surface area contributed by atoms with Gasteiger partial charge in [-0.25, -0.2) is 14.4 Å². The maximum atomic E-state index is 13.8. The molecule has 0 radical (unpaired) electrons. The van der Waals surface area contributed by atoms with Crippen molar-refractivity contribution in [3.63, 3.8) is 0 Å². The molecule has 0 aliphatic carbocycles. The zero-order valence-corrected chi connectivity index (χ0v) is 12.7. The third-order valence-corrected chi connectivity index (χ3v) is 3.65. The van der Waals surface area contributed by atoms with Crippen molar-refractivity contribution in [2.75, 3.05) is 11.9 Å². The van der Waals surface area contributed by atoms with Crippen LogP contribution in [-0.4, -0.2) is 16.5 Å². The van der Waals surface area contributed by atoms with Crippen LogP contribution >= 0.6 is 15.9 Å². The van der Waals surface area contributed by atoms with Crippen molar-refractivity contribution in [3.8, 4) is 11.4 Å². The van der Waals surface area contributed by atoms with E-state index in [1.54, 1.807) is 6.92 Å². The Bertz CT molecular complexity index is 614. The molecule has 0 aliphatic heterocycles. The standard InChI is InChI=1S/C14H15BrFN3/c1-4-17-14-12(16)9(3)18-13(19-14)10-6-5-8(2)11(15)7-10/h5-7H,4H2,1-3H3,(H,17,18,19). The second-order valence-electron chi connectivity index (χ2n) is 4.29. The van der Waals surface area contributed by atoms with Crippen molar-refractivity contribution in [2.24, 2.45) is 0 Å². The first-order valence-corrected chi connectivity index (χ1v) is 6.86. The Morgan fingerprint density at radius 3 is 2.63 bits per heavy atom. The molecule has 0 atom stereocenters. The van der Waals surface area contributed by atoms with E-state index in [1.165, 1.54) is 0 Å². The third kappa shape index (κ3) is 2.92. The Morgan fingerprint density at radius 1 is 1.26 bits per heavy atom. The first-order chi connectivity index (χ1) is 9.02. The Kier molecular flexibility index (Phi) is 4.14. The van der Waals surface area contributed by atoms with Gasteiger partial charge in [-0.2, -0.15) is 0 Å². The van der Waals surface area contributed by atoms with Gasteiger partial charge in [0.15, 0.2) is 17.5 Å². The molecule has 1 aromatic carbocycles. The van der Waals surface area contributed by atoms with Crippen LogP contribution in [0.3, 0.4) is 0 Å². The number of nitrogens with one attached hydrogen (secondary N) is 1. The average Bonchev–Trinajstić information content (AvgIpc) is 2.38. The van der Waals surface area contributed by atoms with E-state index in [9.17, 15) is 4.39 Å². The zero-order chi connectivity index (χ0) is 14.0. The predicted octanol–water partition coefficient (Wildman–Crippen LogP) is 4.09. The van der Waals surface area contributed by atoms with E-state index in [2.05, 4.69) is 31.2 Å². The van der Waals surface area contributed by atoms with Crippen LogP contribution in [0.5, 0.6) is 0 Å². The average molecular weight is 324 g/mol. The molecular weight excluding hydrogens is 309 g/mol. The van der Waals surface area contributed by atoms with Crippen LogP contribution in [0.25, 0.3) is 11.4 Å². The summed E-state index contributed by atoms with van der Waals surface area (Å²) < 4.78 is 14.8. The molecule has 0 unspecified atom stereocenters. The van der Waals surface area contributed by atoms with E-state index in [0.717, 1.165) is 15.6 Å². The molecule has 100 valence electrons. The van der Waals surface area contributed by atoms with E-state index < -0.39 is 5.82 Å². The van der Waals surface area contributed by atoms with Gasteiger partial charge in [-0.15, -0.1) is 0 Å². The number of hydrogen-bond acceptors (Lipinski definition) is 3. The third-order valence-electron chi connectivity index (χ3n) is 2.79. The highest BCUT2D eigenvalue weighted by atomic mass is 79.9. The Hall–Kier alpha value is -1.49. The number of hydrogen-bond donors (Lipinski definition) is 1. The molecule has 0 bridgehead atoms. The summed E-state index contributed by atoms with van der Waals surface area (Å²) in [6.45, 7) is 6.17. The lowest BCUT2D eigenvalue weighted by molar-refractivity contribution is 0.606. The summed E-state index contributed by atoms with van der Waals surface area (Å²) in [5, 5.41) is 2.91. The molecule has 0 aliphatic rings. The van der Waals surface area contributed by atoms with Crippen LogP contribution < -0.4 is 5.32 Å². The number of rotatable bonds is 3. The molecule has 3 nitrogen and oxygen atoms in total. The summed E-state index contributed by atoms with van der Waals surface area (Å²) in [6, 6.07) is 5.86.